The van der Waals surface area contributed by atoms with Gasteiger partial charge in [0.1, 0.15) is 43.2 Å². The Balaban J connectivity index is 1.64. The summed E-state index contributed by atoms with van der Waals surface area (Å²) in [5, 5.41) is 82.1. The van der Waals surface area contributed by atoms with Crippen molar-refractivity contribution in [1.82, 2.24) is 0 Å². The van der Waals surface area contributed by atoms with Crippen LogP contribution in [0, 0.1) is 0 Å². The van der Waals surface area contributed by atoms with Crippen LogP contribution in [0.5, 0.6) is 28.7 Å². The van der Waals surface area contributed by atoms with Crippen LogP contribution in [0.3, 0.4) is 0 Å². The highest BCUT2D eigenvalue weighted by Gasteiger charge is 2.61. The number of aliphatic hydroxyl groups is 6. The van der Waals surface area contributed by atoms with Crippen molar-refractivity contribution in [2.24, 2.45) is 0 Å². The summed E-state index contributed by atoms with van der Waals surface area (Å²) < 4.78 is 43.2. The summed E-state index contributed by atoms with van der Waals surface area (Å²) in [6, 6.07) is 6.98. The molecule has 9 unspecified atom stereocenters. The minimum absolute atomic E-state index is 0.0425. The topological polar surface area (TPSA) is 270 Å². The molecule has 0 aromatic heterocycles. The first-order chi connectivity index (χ1) is 24.3. The maximum atomic E-state index is 13.1. The fraction of sp³-hybridized carbons (Fsp3) is 0.455. The quantitative estimate of drug-likeness (QED) is 0.0819. The van der Waals surface area contributed by atoms with Gasteiger partial charge in [0.05, 0.1) is 34.5 Å². The van der Waals surface area contributed by atoms with Crippen LogP contribution in [0.15, 0.2) is 42.5 Å². The first kappa shape index (κ1) is 39.3. The molecule has 2 saturated heterocycles. The van der Waals surface area contributed by atoms with E-state index in [1.165, 1.54) is 63.8 Å². The Morgan fingerprint density at radius 2 is 1.35 bits per heavy atom. The van der Waals surface area contributed by atoms with E-state index < -0.39 is 86.6 Å². The molecular formula is C33H40O18. The lowest BCUT2D eigenvalue weighted by Crippen LogP contribution is -2.63. The number of phenolic OH excluding ortho intramolecular Hbond substituents is 2. The number of carbonyl (C=O) groups is 2. The van der Waals surface area contributed by atoms with Crippen molar-refractivity contribution in [3.8, 4) is 28.7 Å². The predicted molar refractivity (Wildman–Crippen MR) is 170 cm³/mol. The molecule has 8 N–H and O–H groups in total. The number of hydrogen-bond donors (Lipinski definition) is 8. The minimum atomic E-state index is -2.54. The number of phenols is 2. The Kier molecular flexibility index (Phi) is 13.2. The standard InChI is InChI=1S/C33H40O18/c1-44-19-10-16(4-7-18(19)36)5-9-25(38)49-31-28(41)23(14-35)50-33(31,51-32-30(43)29(42)27(40)22(13-34)48-32)15-47-24(37)8-6-17-11-20(45-2)26(39)21(12-17)46-3/h4-12,22-23,27-32,34-36,39-43H,13-15H2,1-3H3. The van der Waals surface area contributed by atoms with Crippen LogP contribution in [0.2, 0.25) is 0 Å². The summed E-state index contributed by atoms with van der Waals surface area (Å²) in [5.41, 5.74) is 0.731. The number of benzene rings is 2. The maximum absolute atomic E-state index is 13.1. The molecule has 2 aromatic rings. The van der Waals surface area contributed by atoms with Crippen molar-refractivity contribution in [3.63, 3.8) is 0 Å². The number of esters is 2. The summed E-state index contributed by atoms with van der Waals surface area (Å²) in [4.78, 5) is 26.0. The van der Waals surface area contributed by atoms with Gasteiger partial charge in [0, 0.05) is 12.2 Å². The van der Waals surface area contributed by atoms with E-state index in [4.69, 9.17) is 37.9 Å². The van der Waals surface area contributed by atoms with Crippen LogP contribution < -0.4 is 14.2 Å². The monoisotopic (exact) mass is 724 g/mol. The fourth-order valence-corrected chi connectivity index (χ4v) is 5.28. The van der Waals surface area contributed by atoms with Crippen molar-refractivity contribution in [2.45, 2.75) is 54.8 Å². The Morgan fingerprint density at radius 1 is 0.765 bits per heavy atom. The zero-order valence-corrected chi connectivity index (χ0v) is 27.6. The van der Waals surface area contributed by atoms with Gasteiger partial charge in [-0.1, -0.05) is 6.07 Å². The first-order valence-electron chi connectivity index (χ1n) is 15.3. The molecular weight excluding hydrogens is 684 g/mol. The van der Waals surface area contributed by atoms with E-state index in [0.717, 1.165) is 12.2 Å². The number of aromatic hydroxyl groups is 2. The fourth-order valence-electron chi connectivity index (χ4n) is 5.28. The third-order valence-corrected chi connectivity index (χ3v) is 8.01. The lowest BCUT2D eigenvalue weighted by Gasteiger charge is -2.43. The average molecular weight is 725 g/mol. The van der Waals surface area contributed by atoms with Crippen molar-refractivity contribution >= 4 is 24.1 Å². The molecule has 0 amide bonds. The van der Waals surface area contributed by atoms with E-state index in [1.54, 1.807) is 0 Å². The van der Waals surface area contributed by atoms with E-state index >= 15 is 0 Å². The van der Waals surface area contributed by atoms with Crippen LogP contribution >= 0.6 is 0 Å². The average Bonchev–Trinajstić information content (AvgIpc) is 3.39. The van der Waals surface area contributed by atoms with E-state index in [9.17, 15) is 50.4 Å². The van der Waals surface area contributed by atoms with Crippen molar-refractivity contribution in [1.29, 1.82) is 0 Å². The zero-order chi connectivity index (χ0) is 37.5. The molecule has 2 fully saturated rings. The van der Waals surface area contributed by atoms with Crippen LogP contribution in [-0.4, -0.2) is 149 Å². The van der Waals surface area contributed by atoms with Crippen LogP contribution in [0.25, 0.3) is 12.2 Å². The van der Waals surface area contributed by atoms with Gasteiger partial charge in [0.25, 0.3) is 0 Å². The van der Waals surface area contributed by atoms with Gasteiger partial charge in [0.2, 0.25) is 11.5 Å². The summed E-state index contributed by atoms with van der Waals surface area (Å²) >= 11 is 0. The zero-order valence-electron chi connectivity index (χ0n) is 27.6. The van der Waals surface area contributed by atoms with Crippen LogP contribution in [0.4, 0.5) is 0 Å². The molecule has 2 aliphatic heterocycles. The summed E-state index contributed by atoms with van der Waals surface area (Å²) in [7, 11) is 3.95. The molecule has 18 heteroatoms. The Morgan fingerprint density at radius 3 is 1.96 bits per heavy atom. The Labute approximate surface area is 290 Å². The summed E-state index contributed by atoms with van der Waals surface area (Å²) in [6.45, 7) is -2.69. The highest BCUT2D eigenvalue weighted by Crippen LogP contribution is 2.40. The maximum Gasteiger partial charge on any atom is 0.331 e. The molecule has 2 aromatic carbocycles. The van der Waals surface area contributed by atoms with Gasteiger partial charge < -0.3 is 78.7 Å². The third-order valence-electron chi connectivity index (χ3n) is 8.01. The van der Waals surface area contributed by atoms with Crippen LogP contribution in [-0.2, 0) is 33.3 Å². The van der Waals surface area contributed by atoms with Gasteiger partial charge in [-0.25, -0.2) is 9.59 Å². The molecule has 4 rings (SSSR count). The molecule has 0 radical (unpaired) electrons. The second-order valence-electron chi connectivity index (χ2n) is 11.3. The van der Waals surface area contributed by atoms with Gasteiger partial charge in [-0.3, -0.25) is 0 Å². The second kappa shape index (κ2) is 17.1. The van der Waals surface area contributed by atoms with Gasteiger partial charge in [-0.15, -0.1) is 0 Å². The van der Waals surface area contributed by atoms with Gasteiger partial charge in [-0.05, 0) is 47.5 Å². The van der Waals surface area contributed by atoms with E-state index in [-0.39, 0.29) is 28.7 Å². The Bertz CT molecular complexity index is 1550. The number of aliphatic hydroxyl groups excluding tert-OH is 6. The number of carbonyl (C=O) groups excluding carboxylic acids is 2. The molecule has 280 valence electrons. The number of ether oxygens (including phenoxy) is 8. The molecule has 0 spiro atoms. The molecule has 9 atom stereocenters. The molecule has 2 aliphatic rings. The third kappa shape index (κ3) is 8.87. The first-order valence-corrected chi connectivity index (χ1v) is 15.3. The molecule has 0 aliphatic carbocycles. The van der Waals surface area contributed by atoms with Crippen molar-refractivity contribution in [3.05, 3.63) is 53.6 Å². The summed E-state index contributed by atoms with van der Waals surface area (Å²) in [6.07, 6.45) is -9.92. The Hall–Kier alpha value is -4.50. The van der Waals surface area contributed by atoms with Gasteiger partial charge >= 0.3 is 11.9 Å². The highest BCUT2D eigenvalue weighted by atomic mass is 16.8. The smallest absolute Gasteiger partial charge is 0.331 e. The summed E-state index contributed by atoms with van der Waals surface area (Å²) in [5.74, 6) is -4.92. The lowest BCUT2D eigenvalue weighted by atomic mass is 9.99. The van der Waals surface area contributed by atoms with Gasteiger partial charge in [0.15, 0.2) is 35.4 Å². The number of methoxy groups -OCH3 is 3. The van der Waals surface area contributed by atoms with Crippen molar-refractivity contribution < 1.29 is 88.3 Å². The van der Waals surface area contributed by atoms with E-state index in [0.29, 0.717) is 11.1 Å². The van der Waals surface area contributed by atoms with E-state index in [2.05, 4.69) is 0 Å². The van der Waals surface area contributed by atoms with Gasteiger partial charge in [-0.2, -0.15) is 0 Å². The van der Waals surface area contributed by atoms with E-state index in [1.807, 2.05) is 0 Å². The highest BCUT2D eigenvalue weighted by molar-refractivity contribution is 5.88. The van der Waals surface area contributed by atoms with Crippen LogP contribution in [0.1, 0.15) is 11.1 Å². The molecule has 0 saturated carbocycles. The number of hydrogen-bond acceptors (Lipinski definition) is 18. The SMILES string of the molecule is COc1cc(C=CC(=O)OC2C(O)C(CO)OC2(COC(=O)C=Cc2cc(OC)c(O)c(OC)c2)OC2OC(CO)C(O)C(O)C2O)ccc1O. The number of rotatable bonds is 14. The minimum Gasteiger partial charge on any atom is -0.504 e. The lowest BCUT2D eigenvalue weighted by molar-refractivity contribution is -0.383. The normalized spacial score (nSPS) is 29.3. The molecule has 2 heterocycles. The molecule has 51 heavy (non-hydrogen) atoms. The predicted octanol–water partition coefficient (Wildman–Crippen LogP) is -1.43. The molecule has 0 bridgehead atoms. The van der Waals surface area contributed by atoms with Crippen molar-refractivity contribution in [2.75, 3.05) is 41.2 Å². The second-order valence-corrected chi connectivity index (χ2v) is 11.3. The largest absolute Gasteiger partial charge is 0.504 e. The molecule has 18 nitrogen and oxygen atoms in total.